The summed E-state index contributed by atoms with van der Waals surface area (Å²) in [5.74, 6) is -1.19. The summed E-state index contributed by atoms with van der Waals surface area (Å²) in [6, 6.07) is 4.67. The molecule has 0 aliphatic heterocycles. The first-order valence-corrected chi connectivity index (χ1v) is 5.84. The lowest BCUT2D eigenvalue weighted by Crippen LogP contribution is -2.34. The summed E-state index contributed by atoms with van der Waals surface area (Å²) < 4.78 is 26.0. The minimum atomic E-state index is -0.763. The van der Waals surface area contributed by atoms with E-state index in [-0.39, 0.29) is 0 Å². The van der Waals surface area contributed by atoms with Gasteiger partial charge in [0.15, 0.2) is 11.6 Å². The molecule has 2 atom stereocenters. The molecule has 1 aromatic carbocycles. The van der Waals surface area contributed by atoms with Gasteiger partial charge in [0.2, 0.25) is 0 Å². The molecule has 1 N–H and O–H groups in total. The van der Waals surface area contributed by atoms with E-state index in [0.29, 0.717) is 12.0 Å². The van der Waals surface area contributed by atoms with Crippen molar-refractivity contribution in [3.63, 3.8) is 0 Å². The minimum Gasteiger partial charge on any atom is -0.316 e. The monoisotopic (exact) mass is 225 g/mol. The Morgan fingerprint density at radius 2 is 1.88 bits per heavy atom. The van der Waals surface area contributed by atoms with Crippen molar-refractivity contribution in [1.82, 2.24) is 5.32 Å². The lowest BCUT2D eigenvalue weighted by molar-refractivity contribution is 0.343. The van der Waals surface area contributed by atoms with Gasteiger partial charge in [-0.05, 0) is 43.5 Å². The van der Waals surface area contributed by atoms with E-state index in [1.807, 2.05) is 7.05 Å². The quantitative estimate of drug-likeness (QED) is 0.815. The Balaban J connectivity index is 2.23. The topological polar surface area (TPSA) is 12.0 Å². The van der Waals surface area contributed by atoms with Crippen molar-refractivity contribution < 1.29 is 8.78 Å². The van der Waals surface area contributed by atoms with Crippen molar-refractivity contribution in [1.29, 1.82) is 0 Å². The lowest BCUT2D eigenvalue weighted by atomic mass is 9.80. The van der Waals surface area contributed by atoms with Crippen LogP contribution in [0.4, 0.5) is 8.78 Å². The van der Waals surface area contributed by atoms with Gasteiger partial charge in [0.05, 0.1) is 0 Å². The van der Waals surface area contributed by atoms with Gasteiger partial charge in [0.25, 0.3) is 0 Å². The number of hydrogen-bond acceptors (Lipinski definition) is 1. The molecule has 1 nitrogen and oxygen atoms in total. The maximum absolute atomic E-state index is 13.2. The van der Waals surface area contributed by atoms with Crippen LogP contribution in [0.2, 0.25) is 0 Å². The average molecular weight is 225 g/mol. The van der Waals surface area contributed by atoms with Crippen LogP contribution in [0.1, 0.15) is 37.2 Å². The van der Waals surface area contributed by atoms with Crippen molar-refractivity contribution in [2.75, 3.05) is 7.05 Å². The zero-order valence-corrected chi connectivity index (χ0v) is 9.47. The molecule has 1 aliphatic carbocycles. The van der Waals surface area contributed by atoms with Gasteiger partial charge in [-0.2, -0.15) is 0 Å². The third kappa shape index (κ3) is 2.24. The molecule has 1 fully saturated rings. The molecule has 2 rings (SSSR count). The fourth-order valence-electron chi connectivity index (χ4n) is 2.62. The second-order valence-electron chi connectivity index (χ2n) is 4.46. The SMILES string of the molecule is CNC1CCCCC1c1ccc(F)c(F)c1. The molecule has 0 amide bonds. The molecule has 88 valence electrons. The van der Waals surface area contributed by atoms with Crippen LogP contribution in [-0.2, 0) is 0 Å². The van der Waals surface area contributed by atoms with Crippen molar-refractivity contribution in [3.05, 3.63) is 35.4 Å². The summed E-state index contributed by atoms with van der Waals surface area (Å²) in [6.07, 6.45) is 4.55. The van der Waals surface area contributed by atoms with Crippen LogP contribution in [0.5, 0.6) is 0 Å². The molecule has 2 unspecified atom stereocenters. The average Bonchev–Trinajstić information content (AvgIpc) is 2.32. The number of halogens is 2. The highest BCUT2D eigenvalue weighted by atomic mass is 19.2. The molecule has 0 aromatic heterocycles. The zero-order valence-electron chi connectivity index (χ0n) is 9.47. The van der Waals surface area contributed by atoms with Gasteiger partial charge in [-0.15, -0.1) is 0 Å². The van der Waals surface area contributed by atoms with E-state index >= 15 is 0 Å². The van der Waals surface area contributed by atoms with E-state index in [9.17, 15) is 8.78 Å². The first-order chi connectivity index (χ1) is 7.72. The van der Waals surface area contributed by atoms with Crippen LogP contribution in [0.15, 0.2) is 18.2 Å². The Bertz CT molecular complexity index is 365. The van der Waals surface area contributed by atoms with Gasteiger partial charge in [-0.1, -0.05) is 18.9 Å². The Kier molecular flexibility index (Phi) is 3.54. The van der Waals surface area contributed by atoms with E-state index in [1.54, 1.807) is 6.07 Å². The summed E-state index contributed by atoms with van der Waals surface area (Å²) in [7, 11) is 1.93. The van der Waals surface area contributed by atoms with E-state index < -0.39 is 11.6 Å². The summed E-state index contributed by atoms with van der Waals surface area (Å²) >= 11 is 0. The number of likely N-dealkylation sites (N-methyl/N-ethyl adjacent to an activating group) is 1. The van der Waals surface area contributed by atoms with Crippen LogP contribution in [0.25, 0.3) is 0 Å². The molecule has 1 saturated carbocycles. The van der Waals surface area contributed by atoms with E-state index in [4.69, 9.17) is 0 Å². The first-order valence-electron chi connectivity index (χ1n) is 5.84. The number of benzene rings is 1. The van der Waals surface area contributed by atoms with E-state index in [2.05, 4.69) is 5.32 Å². The highest BCUT2D eigenvalue weighted by Gasteiger charge is 2.25. The number of rotatable bonds is 2. The predicted octanol–water partition coefficient (Wildman–Crippen LogP) is 3.21. The second kappa shape index (κ2) is 4.91. The minimum absolute atomic E-state index is 0.314. The van der Waals surface area contributed by atoms with Gasteiger partial charge in [0, 0.05) is 6.04 Å². The van der Waals surface area contributed by atoms with E-state index in [0.717, 1.165) is 18.4 Å². The maximum Gasteiger partial charge on any atom is 0.159 e. The van der Waals surface area contributed by atoms with Crippen LogP contribution in [-0.4, -0.2) is 13.1 Å². The molecular weight excluding hydrogens is 208 g/mol. The fraction of sp³-hybridized carbons (Fsp3) is 0.538. The third-order valence-electron chi connectivity index (χ3n) is 3.51. The zero-order chi connectivity index (χ0) is 11.5. The Morgan fingerprint density at radius 1 is 1.12 bits per heavy atom. The molecule has 0 heterocycles. The van der Waals surface area contributed by atoms with E-state index in [1.165, 1.54) is 25.0 Å². The van der Waals surface area contributed by atoms with Crippen molar-refractivity contribution >= 4 is 0 Å². The normalized spacial score (nSPS) is 25.7. The third-order valence-corrected chi connectivity index (χ3v) is 3.51. The van der Waals surface area contributed by atoms with Gasteiger partial charge in [-0.25, -0.2) is 8.78 Å². The molecule has 0 spiro atoms. The van der Waals surface area contributed by atoms with Crippen molar-refractivity contribution in [2.24, 2.45) is 0 Å². The number of nitrogens with one attached hydrogen (secondary N) is 1. The molecule has 1 aromatic rings. The molecule has 0 saturated heterocycles. The van der Waals surface area contributed by atoms with Crippen LogP contribution < -0.4 is 5.32 Å². The second-order valence-corrected chi connectivity index (χ2v) is 4.46. The maximum atomic E-state index is 13.2. The Labute approximate surface area is 94.9 Å². The summed E-state index contributed by atoms with van der Waals surface area (Å²) in [6.45, 7) is 0. The van der Waals surface area contributed by atoms with Gasteiger partial charge >= 0.3 is 0 Å². The number of hydrogen-bond donors (Lipinski definition) is 1. The summed E-state index contributed by atoms with van der Waals surface area (Å²) in [5, 5.41) is 3.27. The summed E-state index contributed by atoms with van der Waals surface area (Å²) in [5.41, 5.74) is 0.915. The Morgan fingerprint density at radius 3 is 2.56 bits per heavy atom. The van der Waals surface area contributed by atoms with Crippen molar-refractivity contribution in [3.8, 4) is 0 Å². The van der Waals surface area contributed by atoms with Crippen LogP contribution in [0.3, 0.4) is 0 Å². The molecular formula is C13H17F2N. The predicted molar refractivity (Wildman–Crippen MR) is 60.4 cm³/mol. The van der Waals surface area contributed by atoms with Gasteiger partial charge < -0.3 is 5.32 Å². The molecule has 16 heavy (non-hydrogen) atoms. The molecule has 0 bridgehead atoms. The smallest absolute Gasteiger partial charge is 0.159 e. The fourth-order valence-corrected chi connectivity index (χ4v) is 2.62. The molecule has 0 radical (unpaired) electrons. The van der Waals surface area contributed by atoms with Crippen LogP contribution in [0, 0.1) is 11.6 Å². The van der Waals surface area contributed by atoms with Gasteiger partial charge in [0.1, 0.15) is 0 Å². The van der Waals surface area contributed by atoms with Gasteiger partial charge in [-0.3, -0.25) is 0 Å². The Hall–Kier alpha value is -0.960. The first kappa shape index (κ1) is 11.5. The van der Waals surface area contributed by atoms with Crippen molar-refractivity contribution in [2.45, 2.75) is 37.6 Å². The molecule has 3 heteroatoms. The standard InChI is InChI=1S/C13H17F2N/c1-16-13-5-3-2-4-10(13)9-6-7-11(14)12(15)8-9/h6-8,10,13,16H,2-5H2,1H3. The summed E-state index contributed by atoms with van der Waals surface area (Å²) in [4.78, 5) is 0. The largest absolute Gasteiger partial charge is 0.316 e. The highest BCUT2D eigenvalue weighted by molar-refractivity contribution is 5.24. The lowest BCUT2D eigenvalue weighted by Gasteiger charge is -2.31. The van der Waals surface area contributed by atoms with Crippen LogP contribution >= 0.6 is 0 Å². The molecule has 1 aliphatic rings. The highest BCUT2D eigenvalue weighted by Crippen LogP contribution is 2.33.